The van der Waals surface area contributed by atoms with Gasteiger partial charge in [0.1, 0.15) is 23.9 Å². The standard InChI is InChI=1S/C22H25NO4/c1-25-19-9-10-21(26-2)18(15-19)7-11-22(24)23-12-13-27-20-8-6-16-4-3-5-17(16)14-20/h6-11,14-15H,3-5,12-13H2,1-2H3,(H,23,24)/b11-7+. The average molecular weight is 367 g/mol. The second-order valence-corrected chi connectivity index (χ2v) is 6.36. The van der Waals surface area contributed by atoms with Crippen molar-refractivity contribution in [1.29, 1.82) is 0 Å². The van der Waals surface area contributed by atoms with E-state index in [0.717, 1.165) is 24.2 Å². The van der Waals surface area contributed by atoms with Crippen molar-refractivity contribution in [3.8, 4) is 17.2 Å². The van der Waals surface area contributed by atoms with E-state index < -0.39 is 0 Å². The van der Waals surface area contributed by atoms with Gasteiger partial charge in [0.15, 0.2) is 0 Å². The van der Waals surface area contributed by atoms with Crippen molar-refractivity contribution >= 4 is 12.0 Å². The summed E-state index contributed by atoms with van der Waals surface area (Å²) in [5.74, 6) is 2.07. The van der Waals surface area contributed by atoms with E-state index in [-0.39, 0.29) is 5.91 Å². The summed E-state index contributed by atoms with van der Waals surface area (Å²) >= 11 is 0. The van der Waals surface area contributed by atoms with E-state index in [1.165, 1.54) is 23.6 Å². The summed E-state index contributed by atoms with van der Waals surface area (Å²) in [4.78, 5) is 12.0. The summed E-state index contributed by atoms with van der Waals surface area (Å²) in [7, 11) is 3.19. The summed E-state index contributed by atoms with van der Waals surface area (Å²) < 4.78 is 16.2. The second-order valence-electron chi connectivity index (χ2n) is 6.36. The Kier molecular flexibility index (Phi) is 6.36. The average Bonchev–Trinajstić information content (AvgIpc) is 3.17. The summed E-state index contributed by atoms with van der Waals surface area (Å²) in [5, 5.41) is 2.82. The molecule has 0 bridgehead atoms. The highest BCUT2D eigenvalue weighted by atomic mass is 16.5. The fraction of sp³-hybridized carbons (Fsp3) is 0.318. The van der Waals surface area contributed by atoms with Crippen molar-refractivity contribution in [1.82, 2.24) is 5.32 Å². The fourth-order valence-corrected chi connectivity index (χ4v) is 3.18. The number of nitrogens with one attached hydrogen (secondary N) is 1. The van der Waals surface area contributed by atoms with Crippen LogP contribution in [0.5, 0.6) is 17.2 Å². The van der Waals surface area contributed by atoms with E-state index in [1.807, 2.05) is 18.2 Å². The molecule has 0 atom stereocenters. The first kappa shape index (κ1) is 18.8. The molecule has 0 aliphatic heterocycles. The van der Waals surface area contributed by atoms with Crippen molar-refractivity contribution < 1.29 is 19.0 Å². The number of aryl methyl sites for hydroxylation is 2. The molecule has 0 fully saturated rings. The molecular formula is C22H25NO4. The molecule has 0 spiro atoms. The number of methoxy groups -OCH3 is 2. The van der Waals surface area contributed by atoms with E-state index in [1.54, 1.807) is 26.4 Å². The smallest absolute Gasteiger partial charge is 0.244 e. The number of carbonyl (C=O) groups is 1. The molecule has 3 rings (SSSR count). The molecule has 2 aromatic carbocycles. The number of hydrogen-bond donors (Lipinski definition) is 1. The van der Waals surface area contributed by atoms with Gasteiger partial charge >= 0.3 is 0 Å². The van der Waals surface area contributed by atoms with Gasteiger partial charge in [0, 0.05) is 11.6 Å². The predicted molar refractivity (Wildman–Crippen MR) is 106 cm³/mol. The van der Waals surface area contributed by atoms with E-state index >= 15 is 0 Å². The number of hydrogen-bond acceptors (Lipinski definition) is 4. The minimum Gasteiger partial charge on any atom is -0.497 e. The van der Waals surface area contributed by atoms with Crippen LogP contribution in [-0.4, -0.2) is 33.3 Å². The SMILES string of the molecule is COc1ccc(OC)c(/C=C/C(=O)NCCOc2ccc3c(c2)CCC3)c1. The topological polar surface area (TPSA) is 56.8 Å². The Labute approximate surface area is 159 Å². The Bertz CT molecular complexity index is 829. The molecule has 142 valence electrons. The van der Waals surface area contributed by atoms with Crippen molar-refractivity contribution in [2.24, 2.45) is 0 Å². The number of amides is 1. The van der Waals surface area contributed by atoms with Crippen LogP contribution in [0.4, 0.5) is 0 Å². The summed E-state index contributed by atoms with van der Waals surface area (Å²) in [6.07, 6.45) is 6.70. The van der Waals surface area contributed by atoms with Gasteiger partial charge in [-0.1, -0.05) is 6.07 Å². The molecule has 1 aliphatic carbocycles. The summed E-state index contributed by atoms with van der Waals surface area (Å²) in [6, 6.07) is 11.7. The minimum absolute atomic E-state index is 0.183. The zero-order chi connectivity index (χ0) is 19.1. The first-order valence-corrected chi connectivity index (χ1v) is 9.12. The highest BCUT2D eigenvalue weighted by Crippen LogP contribution is 2.26. The first-order chi connectivity index (χ1) is 13.2. The van der Waals surface area contributed by atoms with Gasteiger partial charge in [-0.25, -0.2) is 0 Å². The zero-order valence-corrected chi connectivity index (χ0v) is 15.8. The molecule has 1 N–H and O–H groups in total. The predicted octanol–water partition coefficient (Wildman–Crippen LogP) is 3.40. The van der Waals surface area contributed by atoms with Gasteiger partial charge < -0.3 is 19.5 Å². The van der Waals surface area contributed by atoms with Crippen LogP contribution in [0, 0.1) is 0 Å². The van der Waals surface area contributed by atoms with E-state index in [2.05, 4.69) is 17.4 Å². The van der Waals surface area contributed by atoms with Gasteiger partial charge in [-0.2, -0.15) is 0 Å². The zero-order valence-electron chi connectivity index (χ0n) is 15.8. The molecular weight excluding hydrogens is 342 g/mol. The Hall–Kier alpha value is -2.95. The molecule has 0 unspecified atom stereocenters. The third-order valence-corrected chi connectivity index (χ3v) is 4.59. The molecule has 0 saturated carbocycles. The number of carbonyl (C=O) groups excluding carboxylic acids is 1. The van der Waals surface area contributed by atoms with Gasteiger partial charge in [-0.05, 0) is 66.8 Å². The summed E-state index contributed by atoms with van der Waals surface area (Å²) in [5.41, 5.74) is 3.59. The first-order valence-electron chi connectivity index (χ1n) is 9.12. The van der Waals surface area contributed by atoms with Crippen LogP contribution in [0.1, 0.15) is 23.1 Å². The second kappa shape index (κ2) is 9.12. The Morgan fingerprint density at radius 1 is 1.04 bits per heavy atom. The maximum atomic E-state index is 12.0. The van der Waals surface area contributed by atoms with Gasteiger partial charge in [0.05, 0.1) is 20.8 Å². The van der Waals surface area contributed by atoms with Gasteiger partial charge in [-0.15, -0.1) is 0 Å². The van der Waals surface area contributed by atoms with Crippen LogP contribution < -0.4 is 19.5 Å². The number of fused-ring (bicyclic) bond motifs is 1. The molecule has 0 heterocycles. The van der Waals surface area contributed by atoms with Gasteiger partial charge in [-0.3, -0.25) is 4.79 Å². The van der Waals surface area contributed by atoms with E-state index in [9.17, 15) is 4.79 Å². The molecule has 5 nitrogen and oxygen atoms in total. The fourth-order valence-electron chi connectivity index (χ4n) is 3.18. The number of rotatable bonds is 8. The van der Waals surface area contributed by atoms with Crippen LogP contribution in [0.15, 0.2) is 42.5 Å². The molecule has 0 aromatic heterocycles. The lowest BCUT2D eigenvalue weighted by molar-refractivity contribution is -0.116. The Balaban J connectivity index is 1.46. The highest BCUT2D eigenvalue weighted by Gasteiger charge is 2.11. The quantitative estimate of drug-likeness (QED) is 0.574. The van der Waals surface area contributed by atoms with Crippen LogP contribution in [0.25, 0.3) is 6.08 Å². The van der Waals surface area contributed by atoms with E-state index in [0.29, 0.717) is 24.7 Å². The normalized spacial score (nSPS) is 12.7. The third kappa shape index (κ3) is 5.03. The van der Waals surface area contributed by atoms with Crippen molar-refractivity contribution in [2.75, 3.05) is 27.4 Å². The molecule has 1 aliphatic rings. The lowest BCUT2D eigenvalue weighted by atomic mass is 10.1. The molecule has 27 heavy (non-hydrogen) atoms. The largest absolute Gasteiger partial charge is 0.497 e. The molecule has 1 amide bonds. The third-order valence-electron chi connectivity index (χ3n) is 4.59. The molecule has 0 radical (unpaired) electrons. The van der Waals surface area contributed by atoms with Crippen molar-refractivity contribution in [2.45, 2.75) is 19.3 Å². The lowest BCUT2D eigenvalue weighted by Crippen LogP contribution is -2.26. The van der Waals surface area contributed by atoms with Crippen molar-refractivity contribution in [3.05, 3.63) is 59.2 Å². The number of benzene rings is 2. The Morgan fingerprint density at radius 2 is 1.85 bits per heavy atom. The maximum absolute atomic E-state index is 12.0. The highest BCUT2D eigenvalue weighted by molar-refractivity contribution is 5.92. The van der Waals surface area contributed by atoms with Crippen LogP contribution >= 0.6 is 0 Å². The van der Waals surface area contributed by atoms with Gasteiger partial charge in [0.2, 0.25) is 5.91 Å². The number of ether oxygens (including phenoxy) is 3. The Morgan fingerprint density at radius 3 is 2.67 bits per heavy atom. The van der Waals surface area contributed by atoms with Crippen LogP contribution in [0.2, 0.25) is 0 Å². The maximum Gasteiger partial charge on any atom is 0.244 e. The molecule has 0 saturated heterocycles. The molecule has 2 aromatic rings. The van der Waals surface area contributed by atoms with Gasteiger partial charge in [0.25, 0.3) is 0 Å². The summed E-state index contributed by atoms with van der Waals surface area (Å²) in [6.45, 7) is 0.871. The van der Waals surface area contributed by atoms with Crippen LogP contribution in [0.3, 0.4) is 0 Å². The van der Waals surface area contributed by atoms with Crippen molar-refractivity contribution in [3.63, 3.8) is 0 Å². The monoisotopic (exact) mass is 367 g/mol. The van der Waals surface area contributed by atoms with Crippen LogP contribution in [-0.2, 0) is 17.6 Å². The van der Waals surface area contributed by atoms with E-state index in [4.69, 9.17) is 14.2 Å². The minimum atomic E-state index is -0.183. The lowest BCUT2D eigenvalue weighted by Gasteiger charge is -2.09. The molecule has 5 heteroatoms.